The molecule has 1 atom stereocenters. The fourth-order valence-corrected chi connectivity index (χ4v) is 2.94. The highest BCUT2D eigenvalue weighted by atomic mass is 127. The Bertz CT molecular complexity index is 631. The van der Waals surface area contributed by atoms with Crippen LogP contribution in [0.1, 0.15) is 25.5 Å². The third-order valence-electron chi connectivity index (χ3n) is 3.07. The Morgan fingerprint density at radius 3 is 2.86 bits per heavy atom. The monoisotopic (exact) mass is 418 g/mol. The summed E-state index contributed by atoms with van der Waals surface area (Å²) in [6, 6.07) is 4.78. The molecule has 0 saturated heterocycles. The quantitative estimate of drug-likeness (QED) is 0.398. The molecule has 21 heavy (non-hydrogen) atoms. The Labute approximate surface area is 141 Å². The van der Waals surface area contributed by atoms with Crippen molar-refractivity contribution in [2.75, 3.05) is 6.61 Å². The molecule has 3 N–H and O–H groups in total. The summed E-state index contributed by atoms with van der Waals surface area (Å²) in [6.45, 7) is 3.86. The number of rotatable bonds is 3. The summed E-state index contributed by atoms with van der Waals surface area (Å²) in [5.41, 5.74) is 2.00. The Morgan fingerprint density at radius 1 is 1.52 bits per heavy atom. The molecule has 1 unspecified atom stereocenters. The van der Waals surface area contributed by atoms with Crippen LogP contribution in [-0.4, -0.2) is 22.8 Å². The fourth-order valence-electron chi connectivity index (χ4n) is 2.13. The molecule has 2 rings (SSSR count). The minimum Gasteiger partial charge on any atom is -0.507 e. The van der Waals surface area contributed by atoms with Crippen LogP contribution in [0.25, 0.3) is 0 Å². The third kappa shape index (κ3) is 3.46. The number of hydrogen-bond acceptors (Lipinski definition) is 4. The van der Waals surface area contributed by atoms with Crippen LogP contribution < -0.4 is 10.6 Å². The minimum absolute atomic E-state index is 0.203. The van der Waals surface area contributed by atoms with Gasteiger partial charge in [0.1, 0.15) is 5.75 Å². The van der Waals surface area contributed by atoms with Gasteiger partial charge in [0, 0.05) is 5.70 Å². The van der Waals surface area contributed by atoms with Crippen molar-refractivity contribution in [1.29, 1.82) is 0 Å². The normalized spacial score (nSPS) is 18.0. The number of hydrogen-bond donors (Lipinski definition) is 3. The van der Waals surface area contributed by atoms with Gasteiger partial charge in [-0.2, -0.15) is 0 Å². The maximum atomic E-state index is 12.2. The molecule has 7 heteroatoms. The van der Waals surface area contributed by atoms with Gasteiger partial charge in [-0.3, -0.25) is 0 Å². The first-order chi connectivity index (χ1) is 9.93. The molecule has 0 radical (unpaired) electrons. The molecule has 1 aromatic rings. The molecule has 0 amide bonds. The van der Waals surface area contributed by atoms with Gasteiger partial charge >= 0.3 is 5.97 Å². The number of allylic oxidation sites excluding steroid dienone is 1. The lowest BCUT2D eigenvalue weighted by atomic mass is 9.95. The number of carbonyl (C=O) groups is 1. The van der Waals surface area contributed by atoms with Crippen LogP contribution in [-0.2, 0) is 9.53 Å². The fraction of sp³-hybridized carbons (Fsp3) is 0.286. The largest absolute Gasteiger partial charge is 0.507 e. The third-order valence-corrected chi connectivity index (χ3v) is 4.15. The second-order valence-corrected chi connectivity index (χ2v) is 6.07. The molecule has 0 bridgehead atoms. The van der Waals surface area contributed by atoms with Crippen LogP contribution in [0.5, 0.6) is 5.75 Å². The Kier molecular flexibility index (Phi) is 5.04. The number of ether oxygens (including phenoxy) is 1. The van der Waals surface area contributed by atoms with E-state index < -0.39 is 6.04 Å². The van der Waals surface area contributed by atoms with Gasteiger partial charge in [-0.15, -0.1) is 0 Å². The van der Waals surface area contributed by atoms with Crippen LogP contribution in [0.15, 0.2) is 29.5 Å². The van der Waals surface area contributed by atoms with E-state index in [2.05, 4.69) is 10.6 Å². The number of aromatic hydroxyl groups is 1. The standard InChI is InChI=1S/C14H15IN2O3S/c1-3-20-13(19)11-7(2)16-14(21)17-12(11)8-4-5-10(18)9(15)6-8/h4-6,12,18H,3H2,1-2H3,(H2,16,17,21). The van der Waals surface area contributed by atoms with E-state index in [1.165, 1.54) is 0 Å². The van der Waals surface area contributed by atoms with E-state index in [0.717, 1.165) is 5.56 Å². The topological polar surface area (TPSA) is 70.6 Å². The van der Waals surface area contributed by atoms with E-state index in [4.69, 9.17) is 17.0 Å². The second-order valence-electron chi connectivity index (χ2n) is 4.50. The predicted octanol–water partition coefficient (Wildman–Crippen LogP) is 2.35. The molecule has 0 aromatic heterocycles. The van der Waals surface area contributed by atoms with E-state index in [1.807, 2.05) is 28.7 Å². The van der Waals surface area contributed by atoms with Gasteiger partial charge in [-0.25, -0.2) is 4.79 Å². The lowest BCUT2D eigenvalue weighted by molar-refractivity contribution is -0.139. The minimum atomic E-state index is -0.396. The molecule has 1 aliphatic heterocycles. The highest BCUT2D eigenvalue weighted by Gasteiger charge is 2.31. The second kappa shape index (κ2) is 6.61. The Balaban J connectivity index is 2.46. The Hall–Kier alpha value is -1.35. The number of esters is 1. The van der Waals surface area contributed by atoms with Crippen LogP contribution in [0.4, 0.5) is 0 Å². The zero-order chi connectivity index (χ0) is 15.6. The van der Waals surface area contributed by atoms with Crippen LogP contribution in [0.3, 0.4) is 0 Å². The van der Waals surface area contributed by atoms with Gasteiger partial charge < -0.3 is 20.5 Å². The highest BCUT2D eigenvalue weighted by Crippen LogP contribution is 2.30. The summed E-state index contributed by atoms with van der Waals surface area (Å²) in [5, 5.41) is 16.1. The average Bonchev–Trinajstić information content (AvgIpc) is 2.41. The van der Waals surface area contributed by atoms with Crippen molar-refractivity contribution in [3.8, 4) is 5.75 Å². The smallest absolute Gasteiger partial charge is 0.338 e. The van der Waals surface area contributed by atoms with Crippen molar-refractivity contribution < 1.29 is 14.6 Å². The first-order valence-electron chi connectivity index (χ1n) is 6.37. The summed E-state index contributed by atoms with van der Waals surface area (Å²) < 4.78 is 5.83. The first-order valence-corrected chi connectivity index (χ1v) is 7.86. The zero-order valence-electron chi connectivity index (χ0n) is 11.6. The molecule has 0 fully saturated rings. The lowest BCUT2D eigenvalue weighted by Crippen LogP contribution is -2.45. The van der Waals surface area contributed by atoms with Crippen molar-refractivity contribution in [3.63, 3.8) is 0 Å². The SMILES string of the molecule is CCOC(=O)C1=C(C)NC(=S)NC1c1ccc(O)c(I)c1. The number of phenolic OH excluding ortho intramolecular Hbond substituents is 1. The number of halogens is 1. The van der Waals surface area contributed by atoms with Crippen molar-refractivity contribution in [3.05, 3.63) is 38.6 Å². The van der Waals surface area contributed by atoms with E-state index >= 15 is 0 Å². The lowest BCUT2D eigenvalue weighted by Gasteiger charge is -2.30. The zero-order valence-corrected chi connectivity index (χ0v) is 14.5. The molecule has 5 nitrogen and oxygen atoms in total. The van der Waals surface area contributed by atoms with Gasteiger partial charge in [-0.05, 0) is 66.4 Å². The summed E-state index contributed by atoms with van der Waals surface area (Å²) in [7, 11) is 0. The maximum absolute atomic E-state index is 12.2. The van der Waals surface area contributed by atoms with Crippen LogP contribution in [0.2, 0.25) is 0 Å². The van der Waals surface area contributed by atoms with Gasteiger partial charge in [0.2, 0.25) is 0 Å². The number of carbonyl (C=O) groups excluding carboxylic acids is 1. The molecule has 1 heterocycles. The van der Waals surface area contributed by atoms with Crippen molar-refractivity contribution in [2.45, 2.75) is 19.9 Å². The molecule has 0 spiro atoms. The molecule has 1 aromatic carbocycles. The van der Waals surface area contributed by atoms with Gasteiger partial charge in [-0.1, -0.05) is 6.07 Å². The molecular weight excluding hydrogens is 403 g/mol. The van der Waals surface area contributed by atoms with E-state index in [-0.39, 0.29) is 11.7 Å². The molecular formula is C14H15IN2O3S. The molecule has 1 aliphatic rings. The van der Waals surface area contributed by atoms with Gasteiger partial charge in [0.15, 0.2) is 5.11 Å². The summed E-state index contributed by atoms with van der Waals surface area (Å²) >= 11 is 7.20. The van der Waals surface area contributed by atoms with Crippen molar-refractivity contribution in [1.82, 2.24) is 10.6 Å². The number of benzene rings is 1. The molecule has 112 valence electrons. The Morgan fingerprint density at radius 2 is 2.24 bits per heavy atom. The summed E-state index contributed by atoms with van der Waals surface area (Å²) in [4.78, 5) is 12.2. The maximum Gasteiger partial charge on any atom is 0.338 e. The van der Waals surface area contributed by atoms with Gasteiger partial charge in [0.25, 0.3) is 0 Å². The van der Waals surface area contributed by atoms with Crippen LogP contribution >= 0.6 is 34.8 Å². The highest BCUT2D eigenvalue weighted by molar-refractivity contribution is 14.1. The first kappa shape index (κ1) is 16.0. The average molecular weight is 418 g/mol. The summed E-state index contributed by atoms with van der Waals surface area (Å²) in [5.74, 6) is -0.181. The van der Waals surface area contributed by atoms with Crippen LogP contribution in [0, 0.1) is 3.57 Å². The molecule has 0 aliphatic carbocycles. The number of nitrogens with one attached hydrogen (secondary N) is 2. The number of phenols is 1. The van der Waals surface area contributed by atoms with Crippen molar-refractivity contribution in [2.24, 2.45) is 0 Å². The van der Waals surface area contributed by atoms with Gasteiger partial charge in [0.05, 0.1) is 21.8 Å². The molecule has 0 saturated carbocycles. The number of thiocarbonyl (C=S) groups is 1. The van der Waals surface area contributed by atoms with E-state index in [9.17, 15) is 9.90 Å². The van der Waals surface area contributed by atoms with Crippen molar-refractivity contribution >= 4 is 45.9 Å². The van der Waals surface area contributed by atoms with E-state index in [1.54, 1.807) is 26.0 Å². The summed E-state index contributed by atoms with van der Waals surface area (Å²) in [6.07, 6.45) is 0. The predicted molar refractivity (Wildman–Crippen MR) is 91.8 cm³/mol. The van der Waals surface area contributed by atoms with E-state index in [0.29, 0.717) is 26.6 Å².